The number of carbonyl (C=O) groups is 1. The molecule has 1 atom stereocenters. The highest BCUT2D eigenvalue weighted by Gasteiger charge is 2.36. The fourth-order valence-electron chi connectivity index (χ4n) is 1.92. The van der Waals surface area contributed by atoms with Crippen molar-refractivity contribution in [3.05, 3.63) is 29.3 Å². The SMILES string of the molecule is Cc1cccc(C#N)c1NC(C(=O)O)C1CC1. The number of aliphatic carboxylic acids is 1. The van der Waals surface area contributed by atoms with Gasteiger partial charge in [0.15, 0.2) is 0 Å². The molecule has 4 heteroatoms. The van der Waals surface area contributed by atoms with Crippen LogP contribution in [0.25, 0.3) is 0 Å². The molecule has 1 aliphatic carbocycles. The zero-order chi connectivity index (χ0) is 12.4. The van der Waals surface area contributed by atoms with Gasteiger partial charge in [0.05, 0.1) is 11.3 Å². The maximum absolute atomic E-state index is 11.2. The molecule has 0 amide bonds. The van der Waals surface area contributed by atoms with Crippen molar-refractivity contribution in [2.75, 3.05) is 5.32 Å². The summed E-state index contributed by atoms with van der Waals surface area (Å²) in [6, 6.07) is 6.87. The number of rotatable bonds is 4. The summed E-state index contributed by atoms with van der Waals surface area (Å²) in [5.74, 6) is -0.654. The summed E-state index contributed by atoms with van der Waals surface area (Å²) in [6.07, 6.45) is 1.88. The number of nitriles is 1. The van der Waals surface area contributed by atoms with Crippen LogP contribution in [0.1, 0.15) is 24.0 Å². The predicted molar refractivity (Wildman–Crippen MR) is 63.7 cm³/mol. The number of benzene rings is 1. The Bertz CT molecular complexity index is 487. The lowest BCUT2D eigenvalue weighted by Gasteiger charge is -2.17. The zero-order valence-corrected chi connectivity index (χ0v) is 9.60. The molecule has 1 aromatic carbocycles. The summed E-state index contributed by atoms with van der Waals surface area (Å²) in [7, 11) is 0. The van der Waals surface area contributed by atoms with Crippen LogP contribution in [0, 0.1) is 24.2 Å². The number of carboxylic acid groups (broad SMARTS) is 1. The molecule has 0 radical (unpaired) electrons. The molecule has 0 heterocycles. The van der Waals surface area contributed by atoms with Crippen LogP contribution in [0.5, 0.6) is 0 Å². The standard InChI is InChI=1S/C13H14N2O2/c1-8-3-2-4-10(7-14)11(8)15-12(13(16)17)9-5-6-9/h2-4,9,12,15H,5-6H2,1H3,(H,16,17). The third-order valence-corrected chi connectivity index (χ3v) is 3.05. The Morgan fingerprint density at radius 2 is 2.29 bits per heavy atom. The van der Waals surface area contributed by atoms with Crippen molar-refractivity contribution in [1.29, 1.82) is 5.26 Å². The van der Waals surface area contributed by atoms with Gasteiger partial charge in [0.2, 0.25) is 0 Å². The summed E-state index contributed by atoms with van der Waals surface area (Å²) in [5, 5.41) is 21.2. The molecule has 2 N–H and O–H groups in total. The minimum absolute atomic E-state index is 0.193. The monoisotopic (exact) mass is 230 g/mol. The first-order valence-electron chi connectivity index (χ1n) is 5.62. The molecule has 4 nitrogen and oxygen atoms in total. The van der Waals surface area contributed by atoms with Crippen LogP contribution in [0.2, 0.25) is 0 Å². The predicted octanol–water partition coefficient (Wildman–Crippen LogP) is 2.14. The molecule has 1 saturated carbocycles. The first kappa shape index (κ1) is 11.5. The van der Waals surface area contributed by atoms with Gasteiger partial charge in [0.25, 0.3) is 0 Å². The van der Waals surface area contributed by atoms with E-state index in [1.165, 1.54) is 0 Å². The molecule has 1 fully saturated rings. The maximum Gasteiger partial charge on any atom is 0.326 e. The fraction of sp³-hybridized carbons (Fsp3) is 0.385. The second-order valence-corrected chi connectivity index (χ2v) is 4.41. The Morgan fingerprint density at radius 1 is 1.59 bits per heavy atom. The van der Waals surface area contributed by atoms with E-state index in [0.29, 0.717) is 11.3 Å². The lowest BCUT2D eigenvalue weighted by Crippen LogP contribution is -2.31. The molecule has 1 aromatic rings. The smallest absolute Gasteiger partial charge is 0.326 e. The lowest BCUT2D eigenvalue weighted by molar-refractivity contribution is -0.138. The summed E-state index contributed by atoms with van der Waals surface area (Å²) in [4.78, 5) is 11.2. The number of hydrogen-bond acceptors (Lipinski definition) is 3. The Labute approximate surface area is 99.9 Å². The van der Waals surface area contributed by atoms with Crippen LogP contribution in [-0.2, 0) is 4.79 Å². The van der Waals surface area contributed by atoms with E-state index in [2.05, 4.69) is 11.4 Å². The van der Waals surface area contributed by atoms with Crippen molar-refractivity contribution < 1.29 is 9.90 Å². The van der Waals surface area contributed by atoms with Gasteiger partial charge in [-0.1, -0.05) is 12.1 Å². The average Bonchev–Trinajstić information content (AvgIpc) is 3.10. The second kappa shape index (κ2) is 4.46. The Kier molecular flexibility index (Phi) is 3.01. The largest absolute Gasteiger partial charge is 0.480 e. The number of nitrogens with zero attached hydrogens (tertiary/aromatic N) is 1. The maximum atomic E-state index is 11.2. The third-order valence-electron chi connectivity index (χ3n) is 3.05. The lowest BCUT2D eigenvalue weighted by atomic mass is 10.1. The van der Waals surface area contributed by atoms with E-state index in [1.54, 1.807) is 12.1 Å². The van der Waals surface area contributed by atoms with Crippen molar-refractivity contribution >= 4 is 11.7 Å². The number of hydrogen-bond donors (Lipinski definition) is 2. The first-order chi connectivity index (χ1) is 8.13. The van der Waals surface area contributed by atoms with Crippen molar-refractivity contribution in [3.8, 4) is 6.07 Å². The normalized spacial score (nSPS) is 16.0. The van der Waals surface area contributed by atoms with Gasteiger partial charge in [-0.25, -0.2) is 4.79 Å². The molecule has 0 spiro atoms. The van der Waals surface area contributed by atoms with Gasteiger partial charge in [-0.2, -0.15) is 5.26 Å². The number of aryl methyl sites for hydroxylation is 1. The molecule has 0 aliphatic heterocycles. The summed E-state index contributed by atoms with van der Waals surface area (Å²) < 4.78 is 0. The minimum atomic E-state index is -0.848. The van der Waals surface area contributed by atoms with E-state index in [1.807, 2.05) is 13.0 Å². The highest BCUT2D eigenvalue weighted by atomic mass is 16.4. The van der Waals surface area contributed by atoms with Gasteiger partial charge in [0.1, 0.15) is 12.1 Å². The van der Waals surface area contributed by atoms with Crippen LogP contribution >= 0.6 is 0 Å². The van der Waals surface area contributed by atoms with E-state index in [0.717, 1.165) is 18.4 Å². The highest BCUT2D eigenvalue weighted by Crippen LogP contribution is 2.35. The van der Waals surface area contributed by atoms with E-state index in [4.69, 9.17) is 10.4 Å². The molecule has 1 aliphatic rings. The van der Waals surface area contributed by atoms with Crippen LogP contribution in [0.15, 0.2) is 18.2 Å². The van der Waals surface area contributed by atoms with Crippen molar-refractivity contribution in [1.82, 2.24) is 0 Å². The molecule has 0 aromatic heterocycles. The van der Waals surface area contributed by atoms with Crippen LogP contribution in [-0.4, -0.2) is 17.1 Å². The number of anilines is 1. The topological polar surface area (TPSA) is 73.1 Å². The van der Waals surface area contributed by atoms with Gasteiger partial charge >= 0.3 is 5.97 Å². The molecular weight excluding hydrogens is 216 g/mol. The van der Waals surface area contributed by atoms with Gasteiger partial charge in [-0.15, -0.1) is 0 Å². The van der Waals surface area contributed by atoms with E-state index >= 15 is 0 Å². The fourth-order valence-corrected chi connectivity index (χ4v) is 1.92. The van der Waals surface area contributed by atoms with Crippen LogP contribution < -0.4 is 5.32 Å². The molecular formula is C13H14N2O2. The summed E-state index contributed by atoms with van der Waals surface area (Å²) in [6.45, 7) is 1.87. The number of carboxylic acids is 1. The average molecular weight is 230 g/mol. The van der Waals surface area contributed by atoms with Gasteiger partial charge in [-0.05, 0) is 37.3 Å². The zero-order valence-electron chi connectivity index (χ0n) is 9.60. The van der Waals surface area contributed by atoms with E-state index < -0.39 is 12.0 Å². The third kappa shape index (κ3) is 2.39. The second-order valence-electron chi connectivity index (χ2n) is 4.41. The van der Waals surface area contributed by atoms with Gasteiger partial charge in [-0.3, -0.25) is 0 Å². The van der Waals surface area contributed by atoms with E-state index in [9.17, 15) is 4.79 Å². The molecule has 1 unspecified atom stereocenters. The first-order valence-corrected chi connectivity index (χ1v) is 5.62. The quantitative estimate of drug-likeness (QED) is 0.831. The summed E-state index contributed by atoms with van der Waals surface area (Å²) >= 11 is 0. The molecule has 0 bridgehead atoms. The Morgan fingerprint density at radius 3 is 2.82 bits per heavy atom. The molecule has 0 saturated heterocycles. The molecule has 17 heavy (non-hydrogen) atoms. The molecule has 88 valence electrons. The highest BCUT2D eigenvalue weighted by molar-refractivity contribution is 5.79. The van der Waals surface area contributed by atoms with Crippen molar-refractivity contribution in [2.45, 2.75) is 25.8 Å². The Hall–Kier alpha value is -2.02. The summed E-state index contributed by atoms with van der Waals surface area (Å²) in [5.41, 5.74) is 2.04. The van der Waals surface area contributed by atoms with Crippen molar-refractivity contribution in [3.63, 3.8) is 0 Å². The van der Waals surface area contributed by atoms with Gasteiger partial charge < -0.3 is 10.4 Å². The van der Waals surface area contributed by atoms with E-state index in [-0.39, 0.29) is 5.92 Å². The van der Waals surface area contributed by atoms with Crippen LogP contribution in [0.3, 0.4) is 0 Å². The number of nitrogens with one attached hydrogen (secondary N) is 1. The van der Waals surface area contributed by atoms with Gasteiger partial charge in [0, 0.05) is 0 Å². The number of para-hydroxylation sites is 1. The minimum Gasteiger partial charge on any atom is -0.480 e. The Balaban J connectivity index is 2.28. The molecule has 2 rings (SSSR count). The van der Waals surface area contributed by atoms with Crippen molar-refractivity contribution in [2.24, 2.45) is 5.92 Å². The van der Waals surface area contributed by atoms with Crippen LogP contribution in [0.4, 0.5) is 5.69 Å².